The van der Waals surface area contributed by atoms with Crippen LogP contribution in [0.2, 0.25) is 0 Å². The largest absolute Gasteiger partial charge is 0.393 e. The van der Waals surface area contributed by atoms with Crippen molar-refractivity contribution in [2.75, 3.05) is 6.61 Å². The maximum atomic E-state index is 11.7. The number of aliphatic hydroxyl groups is 2. The molecule has 0 radical (unpaired) electrons. The Morgan fingerprint density at radius 2 is 1.95 bits per heavy atom. The molecule has 0 aromatic rings. The van der Waals surface area contributed by atoms with Crippen LogP contribution in [0.4, 0.5) is 0 Å². The molecule has 0 aromatic heterocycles. The quantitative estimate of drug-likeness (QED) is 0.783. The highest BCUT2D eigenvalue weighted by Crippen LogP contribution is 2.64. The van der Waals surface area contributed by atoms with Gasteiger partial charge in [-0.3, -0.25) is 4.79 Å². The summed E-state index contributed by atoms with van der Waals surface area (Å²) in [6.07, 6.45) is 9.92. The number of allylic oxidation sites excluding steroid dienone is 1. The fraction of sp³-hybridized carbons (Fsp3) is 0.842. The van der Waals surface area contributed by atoms with Crippen LogP contribution in [0.15, 0.2) is 11.6 Å². The van der Waals surface area contributed by atoms with Crippen LogP contribution >= 0.6 is 0 Å². The third-order valence-corrected chi connectivity index (χ3v) is 7.88. The molecule has 2 N–H and O–H groups in total. The van der Waals surface area contributed by atoms with Gasteiger partial charge in [-0.15, -0.1) is 0 Å². The van der Waals surface area contributed by atoms with E-state index >= 15 is 0 Å². The predicted octanol–water partition coefficient (Wildman–Crippen LogP) is 2.85. The van der Waals surface area contributed by atoms with E-state index in [1.165, 1.54) is 12.0 Å². The zero-order chi connectivity index (χ0) is 15.5. The summed E-state index contributed by atoms with van der Waals surface area (Å²) in [4.78, 5) is 11.7. The number of ketones is 1. The van der Waals surface area contributed by atoms with Crippen LogP contribution < -0.4 is 0 Å². The molecule has 0 aliphatic heterocycles. The summed E-state index contributed by atoms with van der Waals surface area (Å²) < 4.78 is 0. The van der Waals surface area contributed by atoms with Crippen LogP contribution in [0.25, 0.3) is 0 Å². The van der Waals surface area contributed by atoms with Crippen molar-refractivity contribution < 1.29 is 15.0 Å². The predicted molar refractivity (Wildman–Crippen MR) is 84.1 cm³/mol. The molecule has 0 unspecified atom stereocenters. The Morgan fingerprint density at radius 3 is 2.73 bits per heavy atom. The molecule has 4 rings (SSSR count). The normalized spacial score (nSPS) is 50.9. The van der Waals surface area contributed by atoms with Crippen LogP contribution in [0, 0.1) is 29.1 Å². The minimum atomic E-state index is -0.874. The van der Waals surface area contributed by atoms with E-state index in [1.807, 2.05) is 6.08 Å². The average molecular weight is 304 g/mol. The van der Waals surface area contributed by atoms with E-state index in [2.05, 4.69) is 6.92 Å². The number of fused-ring (bicyclic) bond motifs is 5. The average Bonchev–Trinajstić information content (AvgIpc) is 2.79. The van der Waals surface area contributed by atoms with Gasteiger partial charge in [0.25, 0.3) is 0 Å². The highest BCUT2D eigenvalue weighted by molar-refractivity contribution is 5.91. The summed E-state index contributed by atoms with van der Waals surface area (Å²) in [6, 6.07) is 0. The first kappa shape index (κ1) is 14.9. The molecule has 3 heteroatoms. The lowest BCUT2D eigenvalue weighted by Crippen LogP contribution is -2.54. The molecule has 6 atom stereocenters. The number of rotatable bonds is 1. The van der Waals surface area contributed by atoms with Crippen molar-refractivity contribution in [1.82, 2.24) is 0 Å². The third kappa shape index (κ3) is 1.85. The van der Waals surface area contributed by atoms with Gasteiger partial charge in [0.05, 0.1) is 12.2 Å². The monoisotopic (exact) mass is 304 g/mol. The summed E-state index contributed by atoms with van der Waals surface area (Å²) in [5.41, 5.74) is 0.423. The summed E-state index contributed by atoms with van der Waals surface area (Å²) in [6.45, 7) is 2.12. The molecular formula is C19H28O3. The second-order valence-electron chi connectivity index (χ2n) is 8.49. The van der Waals surface area contributed by atoms with Gasteiger partial charge in [-0.05, 0) is 74.7 Å². The Bertz CT molecular complexity index is 525. The Kier molecular flexibility index (Phi) is 3.32. The lowest BCUT2D eigenvalue weighted by molar-refractivity contribution is -0.139. The molecule has 122 valence electrons. The van der Waals surface area contributed by atoms with E-state index < -0.39 is 5.60 Å². The van der Waals surface area contributed by atoms with Crippen LogP contribution in [-0.2, 0) is 4.79 Å². The van der Waals surface area contributed by atoms with Crippen molar-refractivity contribution in [1.29, 1.82) is 0 Å². The number of carbonyl (C=O) groups excluding carboxylic acids is 1. The summed E-state index contributed by atoms with van der Waals surface area (Å²) >= 11 is 0. The van der Waals surface area contributed by atoms with E-state index in [1.54, 1.807) is 0 Å². The van der Waals surface area contributed by atoms with Gasteiger partial charge in [-0.25, -0.2) is 0 Å². The highest BCUT2D eigenvalue weighted by Gasteiger charge is 2.62. The molecule has 0 bridgehead atoms. The van der Waals surface area contributed by atoms with Gasteiger partial charge >= 0.3 is 0 Å². The van der Waals surface area contributed by atoms with Gasteiger partial charge in [0.15, 0.2) is 5.78 Å². The fourth-order valence-electron chi connectivity index (χ4n) is 6.55. The molecular weight excluding hydrogens is 276 g/mol. The molecule has 3 nitrogen and oxygen atoms in total. The number of hydrogen-bond acceptors (Lipinski definition) is 3. The van der Waals surface area contributed by atoms with Crippen LogP contribution in [0.1, 0.15) is 58.3 Å². The smallest absolute Gasteiger partial charge is 0.155 e. The van der Waals surface area contributed by atoms with E-state index in [0.29, 0.717) is 29.5 Å². The van der Waals surface area contributed by atoms with Crippen LogP contribution in [0.5, 0.6) is 0 Å². The Balaban J connectivity index is 1.63. The highest BCUT2D eigenvalue weighted by atomic mass is 16.3. The third-order valence-electron chi connectivity index (χ3n) is 7.88. The van der Waals surface area contributed by atoms with Crippen molar-refractivity contribution >= 4 is 5.78 Å². The first-order valence-corrected chi connectivity index (χ1v) is 9.05. The molecule has 4 aliphatic carbocycles. The molecule has 3 fully saturated rings. The maximum Gasteiger partial charge on any atom is 0.155 e. The molecule has 3 saturated carbocycles. The lowest BCUT2D eigenvalue weighted by Gasteiger charge is -2.55. The summed E-state index contributed by atoms with van der Waals surface area (Å²) in [5.74, 6) is 2.86. The summed E-state index contributed by atoms with van der Waals surface area (Å²) in [5, 5.41) is 20.7. The Morgan fingerprint density at radius 1 is 1.14 bits per heavy atom. The van der Waals surface area contributed by atoms with Gasteiger partial charge in [0.1, 0.15) is 0 Å². The van der Waals surface area contributed by atoms with Crippen molar-refractivity contribution in [2.45, 2.75) is 63.9 Å². The lowest BCUT2D eigenvalue weighted by atomic mass is 9.50. The van der Waals surface area contributed by atoms with Gasteiger partial charge < -0.3 is 10.2 Å². The van der Waals surface area contributed by atoms with Gasteiger partial charge in [0.2, 0.25) is 0 Å². The van der Waals surface area contributed by atoms with Crippen molar-refractivity contribution in [2.24, 2.45) is 29.1 Å². The number of carbonyl (C=O) groups is 1. The van der Waals surface area contributed by atoms with E-state index in [-0.39, 0.29) is 12.0 Å². The fourth-order valence-corrected chi connectivity index (χ4v) is 6.55. The summed E-state index contributed by atoms with van der Waals surface area (Å²) in [7, 11) is 0. The van der Waals surface area contributed by atoms with E-state index in [0.717, 1.165) is 44.9 Å². The first-order valence-electron chi connectivity index (χ1n) is 9.05. The SMILES string of the molecule is C[C@]12CC[C@H]3[C@@H](CCC4=CC(=O)CC[C@@H]43)[C@@H]1CC[C@@]2(O)CO. The van der Waals surface area contributed by atoms with Crippen LogP contribution in [-0.4, -0.2) is 28.2 Å². The molecule has 22 heavy (non-hydrogen) atoms. The van der Waals surface area contributed by atoms with Gasteiger partial charge in [0, 0.05) is 11.8 Å². The van der Waals surface area contributed by atoms with Gasteiger partial charge in [-0.2, -0.15) is 0 Å². The second-order valence-corrected chi connectivity index (χ2v) is 8.49. The van der Waals surface area contributed by atoms with E-state index in [9.17, 15) is 15.0 Å². The van der Waals surface area contributed by atoms with Crippen molar-refractivity contribution in [3.8, 4) is 0 Å². The maximum absolute atomic E-state index is 11.7. The zero-order valence-electron chi connectivity index (χ0n) is 13.6. The standard InChI is InChI=1S/C19H28O3/c1-18-8-6-15-14-5-3-13(21)10-12(14)2-4-16(15)17(18)7-9-19(18,22)11-20/h10,14-17,20,22H,2-9,11H2,1H3/t14-,15+,16+,17-,18-,19+/m0/s1. The topological polar surface area (TPSA) is 57.5 Å². The number of aliphatic hydroxyl groups excluding tert-OH is 1. The van der Waals surface area contributed by atoms with Crippen molar-refractivity contribution in [3.63, 3.8) is 0 Å². The van der Waals surface area contributed by atoms with Crippen molar-refractivity contribution in [3.05, 3.63) is 11.6 Å². The van der Waals surface area contributed by atoms with E-state index in [4.69, 9.17) is 0 Å². The minimum Gasteiger partial charge on any atom is -0.393 e. The molecule has 4 aliphatic rings. The molecule has 0 saturated heterocycles. The zero-order valence-corrected chi connectivity index (χ0v) is 13.6. The molecule has 0 aromatic carbocycles. The Labute approximate surface area is 132 Å². The van der Waals surface area contributed by atoms with Gasteiger partial charge in [-0.1, -0.05) is 12.5 Å². The molecule has 0 amide bonds. The minimum absolute atomic E-state index is 0.0968. The number of hydrogen-bond donors (Lipinski definition) is 2. The molecule has 0 heterocycles. The molecule has 0 spiro atoms. The first-order chi connectivity index (χ1) is 10.5. The Hall–Kier alpha value is -0.670. The second kappa shape index (κ2) is 4.91. The van der Waals surface area contributed by atoms with Crippen LogP contribution in [0.3, 0.4) is 0 Å².